The summed E-state index contributed by atoms with van der Waals surface area (Å²) in [4.78, 5) is 29.9. The third kappa shape index (κ3) is 3.12. The number of hydrogen-bond donors (Lipinski definition) is 0. The van der Waals surface area contributed by atoms with Crippen LogP contribution in [0.2, 0.25) is 0 Å². The molecule has 0 aliphatic heterocycles. The topological polar surface area (TPSA) is 79.6 Å². The molecule has 0 spiro atoms. The summed E-state index contributed by atoms with van der Waals surface area (Å²) in [6.45, 7) is 4.24. The molecule has 0 fully saturated rings. The molecule has 4 rings (SSSR count). The minimum absolute atomic E-state index is 0.341. The van der Waals surface area contributed by atoms with Gasteiger partial charge >= 0.3 is 5.69 Å². The Morgan fingerprint density at radius 1 is 1.03 bits per heavy atom. The Labute approximate surface area is 167 Å². The highest BCUT2D eigenvalue weighted by Crippen LogP contribution is 2.17. The molecule has 8 heteroatoms. The zero-order valence-corrected chi connectivity index (χ0v) is 16.8. The van der Waals surface area contributed by atoms with Gasteiger partial charge in [0.25, 0.3) is 5.56 Å². The molecule has 1 aromatic carbocycles. The number of benzene rings is 1. The number of hydrogen-bond acceptors (Lipinski definition) is 4. The maximum atomic E-state index is 12.9. The van der Waals surface area contributed by atoms with Crippen LogP contribution in [0.15, 0.2) is 52.1 Å². The molecule has 0 atom stereocenters. The number of rotatable bonds is 4. The molecule has 3 aromatic heterocycles. The molecule has 0 amide bonds. The zero-order chi connectivity index (χ0) is 20.7. The van der Waals surface area contributed by atoms with E-state index in [-0.39, 0.29) is 5.56 Å². The molecule has 0 radical (unpaired) electrons. The van der Waals surface area contributed by atoms with E-state index in [4.69, 9.17) is 0 Å². The van der Waals surface area contributed by atoms with Crippen molar-refractivity contribution in [2.45, 2.75) is 20.4 Å². The molecule has 0 saturated heterocycles. The number of fused-ring (bicyclic) bond motifs is 1. The van der Waals surface area contributed by atoms with E-state index >= 15 is 0 Å². The fourth-order valence-electron chi connectivity index (χ4n) is 3.46. The highest BCUT2D eigenvalue weighted by molar-refractivity contribution is 5.73. The Bertz CT molecular complexity index is 1350. The minimum atomic E-state index is -0.410. The van der Waals surface area contributed by atoms with Crippen molar-refractivity contribution in [3.63, 3.8) is 0 Å². The number of allylic oxidation sites excluding steroid dienone is 1. The Morgan fingerprint density at radius 2 is 1.76 bits per heavy atom. The highest BCUT2D eigenvalue weighted by Gasteiger charge is 2.21. The monoisotopic (exact) mass is 390 g/mol. The largest absolute Gasteiger partial charge is 0.332 e. The minimum Gasteiger partial charge on any atom is -0.299 e. The van der Waals surface area contributed by atoms with Gasteiger partial charge in [-0.05, 0) is 25.5 Å². The summed E-state index contributed by atoms with van der Waals surface area (Å²) >= 11 is 0. The van der Waals surface area contributed by atoms with Crippen molar-refractivity contribution in [1.82, 2.24) is 28.5 Å². The molecule has 148 valence electrons. The highest BCUT2D eigenvalue weighted by atomic mass is 16.2. The summed E-state index contributed by atoms with van der Waals surface area (Å²) < 4.78 is 6.00. The van der Waals surface area contributed by atoms with Gasteiger partial charge in [0.05, 0.1) is 5.69 Å². The fourth-order valence-corrected chi connectivity index (χ4v) is 3.46. The summed E-state index contributed by atoms with van der Waals surface area (Å²) in [5, 5.41) is 4.52. The summed E-state index contributed by atoms with van der Waals surface area (Å²) in [7, 11) is 3.09. The summed E-state index contributed by atoms with van der Waals surface area (Å²) in [5.41, 5.74) is 2.73. The van der Waals surface area contributed by atoms with Gasteiger partial charge in [0.2, 0.25) is 5.95 Å². The molecular formula is C21H22N6O2. The SMILES string of the molecule is Cc1cc(C)n(-c2nc3c(c(=O)n(C)c(=O)n3C)n2C/C=C/c2ccccc2)n1. The van der Waals surface area contributed by atoms with Gasteiger partial charge in [-0.2, -0.15) is 10.1 Å². The normalized spacial score (nSPS) is 11.7. The van der Waals surface area contributed by atoms with Crippen LogP contribution < -0.4 is 11.2 Å². The van der Waals surface area contributed by atoms with Crippen molar-refractivity contribution < 1.29 is 0 Å². The zero-order valence-electron chi connectivity index (χ0n) is 16.8. The predicted octanol–water partition coefficient (Wildman–Crippen LogP) is 1.95. The van der Waals surface area contributed by atoms with E-state index < -0.39 is 5.69 Å². The van der Waals surface area contributed by atoms with Crippen LogP contribution in [-0.4, -0.2) is 28.5 Å². The molecular weight excluding hydrogens is 368 g/mol. The molecule has 0 N–H and O–H groups in total. The molecule has 0 aliphatic carbocycles. The molecule has 0 saturated carbocycles. The van der Waals surface area contributed by atoms with Gasteiger partial charge in [-0.15, -0.1) is 0 Å². The van der Waals surface area contributed by atoms with Crippen molar-refractivity contribution >= 4 is 17.2 Å². The molecule has 0 bridgehead atoms. The number of aryl methyl sites for hydroxylation is 3. The van der Waals surface area contributed by atoms with Gasteiger partial charge in [0, 0.05) is 26.3 Å². The first-order valence-corrected chi connectivity index (χ1v) is 9.30. The maximum Gasteiger partial charge on any atom is 0.332 e. The van der Waals surface area contributed by atoms with Crippen molar-refractivity contribution in [3.05, 3.63) is 80.3 Å². The first kappa shape index (κ1) is 18.7. The van der Waals surface area contributed by atoms with Crippen LogP contribution in [-0.2, 0) is 20.6 Å². The smallest absolute Gasteiger partial charge is 0.299 e. The lowest BCUT2D eigenvalue weighted by Gasteiger charge is -2.08. The van der Waals surface area contributed by atoms with Gasteiger partial charge in [0.1, 0.15) is 0 Å². The van der Waals surface area contributed by atoms with E-state index in [1.165, 1.54) is 11.6 Å². The van der Waals surface area contributed by atoms with Gasteiger partial charge in [-0.1, -0.05) is 42.5 Å². The second-order valence-electron chi connectivity index (χ2n) is 7.05. The molecule has 4 aromatic rings. The molecule has 0 aliphatic rings. The number of imidazole rings is 1. The number of aromatic nitrogens is 6. The molecule has 29 heavy (non-hydrogen) atoms. The Morgan fingerprint density at radius 3 is 2.41 bits per heavy atom. The third-order valence-corrected chi connectivity index (χ3v) is 4.92. The van der Waals surface area contributed by atoms with Gasteiger partial charge in [-0.3, -0.25) is 18.5 Å². The third-order valence-electron chi connectivity index (χ3n) is 4.92. The van der Waals surface area contributed by atoms with Crippen molar-refractivity contribution in [2.24, 2.45) is 14.1 Å². The number of nitrogens with zero attached hydrogens (tertiary/aromatic N) is 6. The standard InChI is InChI=1S/C21H22N6O2/c1-14-13-15(2)27(23-14)20-22-18-17(19(28)25(4)21(29)24(18)3)26(20)12-8-11-16-9-6-5-7-10-16/h5-11,13H,12H2,1-4H3/b11-8+. The maximum absolute atomic E-state index is 12.9. The fraction of sp³-hybridized carbons (Fsp3) is 0.238. The van der Waals surface area contributed by atoms with Crippen LogP contribution in [0.25, 0.3) is 23.2 Å². The van der Waals surface area contributed by atoms with Crippen LogP contribution in [0.4, 0.5) is 0 Å². The van der Waals surface area contributed by atoms with Gasteiger partial charge in [-0.25, -0.2) is 9.48 Å². The average Bonchev–Trinajstić information content (AvgIpc) is 3.25. The summed E-state index contributed by atoms with van der Waals surface area (Å²) in [6, 6.07) is 11.9. The van der Waals surface area contributed by atoms with Crippen LogP contribution in [0.1, 0.15) is 17.0 Å². The van der Waals surface area contributed by atoms with Crippen molar-refractivity contribution in [2.75, 3.05) is 0 Å². The van der Waals surface area contributed by atoms with Crippen LogP contribution in [0, 0.1) is 13.8 Å². The second kappa shape index (κ2) is 7.05. The van der Waals surface area contributed by atoms with E-state index in [2.05, 4.69) is 10.1 Å². The first-order valence-electron chi connectivity index (χ1n) is 9.30. The van der Waals surface area contributed by atoms with E-state index in [1.54, 1.807) is 16.3 Å². The molecule has 8 nitrogen and oxygen atoms in total. The lowest BCUT2D eigenvalue weighted by Crippen LogP contribution is -2.37. The van der Waals surface area contributed by atoms with Crippen LogP contribution in [0.5, 0.6) is 0 Å². The lowest BCUT2D eigenvalue weighted by atomic mass is 10.2. The summed E-state index contributed by atoms with van der Waals surface area (Å²) in [6.07, 6.45) is 3.96. The summed E-state index contributed by atoms with van der Waals surface area (Å²) in [5.74, 6) is 0.501. The Kier molecular flexibility index (Phi) is 4.54. The van der Waals surface area contributed by atoms with E-state index in [0.29, 0.717) is 23.7 Å². The van der Waals surface area contributed by atoms with Crippen LogP contribution in [0.3, 0.4) is 0 Å². The molecule has 3 heterocycles. The lowest BCUT2D eigenvalue weighted by molar-refractivity contribution is 0.696. The second-order valence-corrected chi connectivity index (χ2v) is 7.05. The van der Waals surface area contributed by atoms with Crippen molar-refractivity contribution in [3.8, 4) is 5.95 Å². The average molecular weight is 390 g/mol. The molecule has 0 unspecified atom stereocenters. The van der Waals surface area contributed by atoms with E-state index in [0.717, 1.165) is 21.5 Å². The van der Waals surface area contributed by atoms with E-state index in [1.807, 2.05) is 62.4 Å². The van der Waals surface area contributed by atoms with Gasteiger partial charge < -0.3 is 0 Å². The van der Waals surface area contributed by atoms with Crippen LogP contribution >= 0.6 is 0 Å². The van der Waals surface area contributed by atoms with Crippen molar-refractivity contribution in [1.29, 1.82) is 0 Å². The predicted molar refractivity (Wildman–Crippen MR) is 112 cm³/mol. The first-order chi connectivity index (χ1) is 13.9. The Balaban J connectivity index is 1.95. The Hall–Kier alpha value is -3.68. The quantitative estimate of drug-likeness (QED) is 0.533. The van der Waals surface area contributed by atoms with Gasteiger partial charge in [0.15, 0.2) is 11.2 Å². The van der Waals surface area contributed by atoms with E-state index in [9.17, 15) is 9.59 Å².